The number of benzene rings is 2. The number of hydrogen-bond donors (Lipinski definition) is 0. The molecule has 0 radical (unpaired) electrons. The van der Waals surface area contributed by atoms with Crippen molar-refractivity contribution in [1.82, 2.24) is 19.3 Å². The highest BCUT2D eigenvalue weighted by molar-refractivity contribution is 7.89. The zero-order valence-electron chi connectivity index (χ0n) is 17.9. The number of fused-ring (bicyclic) bond motifs is 1. The molecule has 2 aromatic heterocycles. The Hall–Kier alpha value is -3.34. The van der Waals surface area contributed by atoms with Gasteiger partial charge in [0.2, 0.25) is 21.7 Å². The van der Waals surface area contributed by atoms with Crippen molar-refractivity contribution < 1.29 is 17.4 Å². The maximum Gasteiger partial charge on any atom is 0.336 e. The second kappa shape index (κ2) is 8.54. The van der Waals surface area contributed by atoms with E-state index in [9.17, 15) is 13.2 Å². The van der Waals surface area contributed by atoms with Crippen LogP contribution in [-0.2, 0) is 10.0 Å². The second-order valence-electron chi connectivity index (χ2n) is 7.89. The lowest BCUT2D eigenvalue weighted by Crippen LogP contribution is -2.49. The number of aromatic nitrogens is 2. The predicted molar refractivity (Wildman–Crippen MR) is 121 cm³/mol. The average Bonchev–Trinajstić information content (AvgIpc) is 3.34. The minimum absolute atomic E-state index is 0.136. The molecule has 5 rings (SSSR count). The fourth-order valence-corrected chi connectivity index (χ4v) is 5.41. The summed E-state index contributed by atoms with van der Waals surface area (Å²) in [6.45, 7) is 3.73. The molecule has 1 saturated heterocycles. The molecule has 1 fully saturated rings. The van der Waals surface area contributed by atoms with Crippen LogP contribution in [0.2, 0.25) is 0 Å². The summed E-state index contributed by atoms with van der Waals surface area (Å²) in [5.41, 5.74) is 0.764. The molecule has 0 spiro atoms. The van der Waals surface area contributed by atoms with Gasteiger partial charge in [0.1, 0.15) is 5.58 Å². The molecule has 0 amide bonds. The lowest BCUT2D eigenvalue weighted by atomic mass is 10.2. The van der Waals surface area contributed by atoms with Crippen molar-refractivity contribution in [3.63, 3.8) is 0 Å². The van der Waals surface area contributed by atoms with Crippen molar-refractivity contribution in [2.24, 2.45) is 0 Å². The molecule has 170 valence electrons. The fourth-order valence-electron chi connectivity index (χ4n) is 3.96. The summed E-state index contributed by atoms with van der Waals surface area (Å²) in [6.07, 6.45) is 0. The summed E-state index contributed by atoms with van der Waals surface area (Å²) in [7, 11) is -3.67. The highest BCUT2D eigenvalue weighted by atomic mass is 32.2. The average molecular weight is 467 g/mol. The lowest BCUT2D eigenvalue weighted by molar-refractivity contribution is 0.124. The van der Waals surface area contributed by atoms with Gasteiger partial charge in [0.05, 0.1) is 10.9 Å². The third-order valence-electron chi connectivity index (χ3n) is 5.88. The molecule has 1 unspecified atom stereocenters. The van der Waals surface area contributed by atoms with Gasteiger partial charge < -0.3 is 8.94 Å². The van der Waals surface area contributed by atoms with E-state index < -0.39 is 15.6 Å². The molecule has 1 aliphatic rings. The van der Waals surface area contributed by atoms with E-state index in [-0.39, 0.29) is 10.9 Å². The van der Waals surface area contributed by atoms with E-state index in [4.69, 9.17) is 8.94 Å². The van der Waals surface area contributed by atoms with Crippen LogP contribution in [0.25, 0.3) is 22.4 Å². The smallest absolute Gasteiger partial charge is 0.336 e. The molecule has 10 heteroatoms. The number of hydrogen-bond acceptors (Lipinski definition) is 8. The van der Waals surface area contributed by atoms with Gasteiger partial charge in [-0.05, 0) is 31.2 Å². The molecule has 0 N–H and O–H groups in total. The quantitative estimate of drug-likeness (QED) is 0.413. The molecule has 3 heterocycles. The van der Waals surface area contributed by atoms with Crippen LogP contribution in [0.3, 0.4) is 0 Å². The van der Waals surface area contributed by atoms with Gasteiger partial charge >= 0.3 is 5.63 Å². The Morgan fingerprint density at radius 1 is 0.970 bits per heavy atom. The van der Waals surface area contributed by atoms with Gasteiger partial charge in [0, 0.05) is 43.2 Å². The summed E-state index contributed by atoms with van der Waals surface area (Å²) in [5.74, 6) is 1.03. The van der Waals surface area contributed by atoms with Crippen molar-refractivity contribution in [3.05, 3.63) is 77.0 Å². The number of rotatable bonds is 5. The van der Waals surface area contributed by atoms with Crippen LogP contribution in [0, 0.1) is 0 Å². The zero-order chi connectivity index (χ0) is 23.0. The van der Waals surface area contributed by atoms with Crippen LogP contribution in [-0.4, -0.2) is 53.9 Å². The van der Waals surface area contributed by atoms with Crippen LogP contribution in [0.15, 0.2) is 79.3 Å². The van der Waals surface area contributed by atoms with E-state index >= 15 is 0 Å². The Labute approximate surface area is 190 Å². The first-order valence-electron chi connectivity index (χ1n) is 10.6. The maximum absolute atomic E-state index is 13.2. The predicted octanol–water partition coefficient (Wildman–Crippen LogP) is 2.91. The number of piperazine rings is 1. The normalized spacial score (nSPS) is 16.8. The molecule has 1 atom stereocenters. The molecular formula is C23H22N4O5S. The van der Waals surface area contributed by atoms with Crippen molar-refractivity contribution >= 4 is 21.0 Å². The first kappa shape index (κ1) is 21.5. The summed E-state index contributed by atoms with van der Waals surface area (Å²) in [5, 5.41) is 4.64. The molecule has 1 aliphatic heterocycles. The Morgan fingerprint density at radius 2 is 1.73 bits per heavy atom. The van der Waals surface area contributed by atoms with Gasteiger partial charge in [-0.3, -0.25) is 4.90 Å². The van der Waals surface area contributed by atoms with Gasteiger partial charge in [-0.15, -0.1) is 0 Å². The van der Waals surface area contributed by atoms with Crippen molar-refractivity contribution in [3.8, 4) is 11.4 Å². The highest BCUT2D eigenvalue weighted by Gasteiger charge is 2.32. The minimum Gasteiger partial charge on any atom is -0.423 e. The number of sulfonamides is 1. The van der Waals surface area contributed by atoms with Crippen LogP contribution < -0.4 is 5.63 Å². The van der Waals surface area contributed by atoms with Crippen molar-refractivity contribution in [2.45, 2.75) is 17.9 Å². The third kappa shape index (κ3) is 4.20. The molecular weight excluding hydrogens is 444 g/mol. The Balaban J connectivity index is 1.28. The minimum atomic E-state index is -3.67. The number of nitrogens with zero attached hydrogens (tertiary/aromatic N) is 4. The molecule has 0 saturated carbocycles. The summed E-state index contributed by atoms with van der Waals surface area (Å²) < 4.78 is 38.4. The Bertz CT molecular complexity index is 1440. The molecule has 2 aromatic carbocycles. The van der Waals surface area contributed by atoms with Crippen LogP contribution in [0.4, 0.5) is 0 Å². The van der Waals surface area contributed by atoms with Gasteiger partial charge in [-0.1, -0.05) is 35.5 Å². The third-order valence-corrected chi connectivity index (χ3v) is 7.78. The summed E-state index contributed by atoms with van der Waals surface area (Å²) >= 11 is 0. The highest BCUT2D eigenvalue weighted by Crippen LogP contribution is 2.26. The van der Waals surface area contributed by atoms with Gasteiger partial charge in [0.15, 0.2) is 0 Å². The van der Waals surface area contributed by atoms with E-state index in [0.717, 1.165) is 5.56 Å². The lowest BCUT2D eigenvalue weighted by Gasteiger charge is -2.36. The largest absolute Gasteiger partial charge is 0.423 e. The van der Waals surface area contributed by atoms with Crippen LogP contribution in [0.1, 0.15) is 18.9 Å². The molecule has 4 aromatic rings. The van der Waals surface area contributed by atoms with Crippen LogP contribution in [0.5, 0.6) is 0 Å². The monoisotopic (exact) mass is 466 g/mol. The van der Waals surface area contributed by atoms with Gasteiger partial charge in [-0.2, -0.15) is 9.29 Å². The standard InChI is InChI=1S/C23H22N4O5S/c1-16(23-24-22(25-32-23)17-5-3-2-4-6-17)26-11-13-27(14-12-26)33(29,30)19-8-9-20-18(15-19)7-10-21(28)31-20/h2-10,15-16H,11-14H2,1H3. The molecule has 0 aliphatic carbocycles. The molecule has 33 heavy (non-hydrogen) atoms. The van der Waals surface area contributed by atoms with Gasteiger partial charge in [-0.25, -0.2) is 13.2 Å². The van der Waals surface area contributed by atoms with Gasteiger partial charge in [0.25, 0.3) is 0 Å². The second-order valence-corrected chi connectivity index (χ2v) is 9.83. The van der Waals surface area contributed by atoms with E-state index in [1.807, 2.05) is 37.3 Å². The van der Waals surface area contributed by atoms with Crippen molar-refractivity contribution in [2.75, 3.05) is 26.2 Å². The zero-order valence-corrected chi connectivity index (χ0v) is 18.7. The summed E-state index contributed by atoms with van der Waals surface area (Å²) in [6, 6.07) is 16.8. The molecule has 9 nitrogen and oxygen atoms in total. The van der Waals surface area contributed by atoms with E-state index in [0.29, 0.717) is 48.9 Å². The van der Waals surface area contributed by atoms with E-state index in [1.165, 1.54) is 28.6 Å². The Kier molecular flexibility index (Phi) is 5.57. The van der Waals surface area contributed by atoms with Crippen LogP contribution >= 0.6 is 0 Å². The fraction of sp³-hybridized carbons (Fsp3) is 0.261. The van der Waals surface area contributed by atoms with Crippen molar-refractivity contribution in [1.29, 1.82) is 0 Å². The topological polar surface area (TPSA) is 110 Å². The first-order valence-corrected chi connectivity index (χ1v) is 12.0. The SMILES string of the molecule is CC(c1nc(-c2ccccc2)no1)N1CCN(S(=O)(=O)c2ccc3oc(=O)ccc3c2)CC1. The molecule has 0 bridgehead atoms. The first-order chi connectivity index (χ1) is 15.9. The van der Waals surface area contributed by atoms with E-state index in [1.54, 1.807) is 6.07 Å². The summed E-state index contributed by atoms with van der Waals surface area (Å²) in [4.78, 5) is 18.2. The van der Waals surface area contributed by atoms with E-state index in [2.05, 4.69) is 15.0 Å². The maximum atomic E-state index is 13.2. The Morgan fingerprint density at radius 3 is 2.48 bits per heavy atom.